The number of halogens is 2. The van der Waals surface area contributed by atoms with E-state index < -0.39 is 0 Å². The highest BCUT2D eigenvalue weighted by atomic mass is 127. The molecule has 0 saturated heterocycles. The van der Waals surface area contributed by atoms with Crippen LogP contribution in [0.1, 0.15) is 24.5 Å². The van der Waals surface area contributed by atoms with Gasteiger partial charge < -0.3 is 15.2 Å². The van der Waals surface area contributed by atoms with Crippen molar-refractivity contribution in [3.05, 3.63) is 32.9 Å². The number of aromatic nitrogens is 3. The van der Waals surface area contributed by atoms with Crippen molar-refractivity contribution in [2.75, 3.05) is 19.6 Å². The van der Waals surface area contributed by atoms with Gasteiger partial charge in [0.1, 0.15) is 12.2 Å². The Hall–Kier alpha value is -0.680. The Morgan fingerprint density at radius 1 is 1.33 bits per heavy atom. The summed E-state index contributed by atoms with van der Waals surface area (Å²) in [6.07, 6.45) is 3.63. The molecular weight excluding hydrogens is 503 g/mol. The molecule has 6 nitrogen and oxygen atoms in total. The molecule has 0 fully saturated rings. The molecule has 0 unspecified atom stereocenters. The van der Waals surface area contributed by atoms with Crippen LogP contribution < -0.4 is 10.6 Å². The molecule has 2 heterocycles. The lowest BCUT2D eigenvalue weighted by Gasteiger charge is -2.12. The van der Waals surface area contributed by atoms with Crippen LogP contribution in [0.25, 0.3) is 0 Å². The van der Waals surface area contributed by atoms with Gasteiger partial charge in [0, 0.05) is 43.9 Å². The predicted molar refractivity (Wildman–Crippen MR) is 115 cm³/mol. The van der Waals surface area contributed by atoms with E-state index in [9.17, 15) is 0 Å². The SMILES string of the molecule is CCNC(=NCCc1ccc(Br)s1)NCCn1cnnc1CC.I. The number of guanidine groups is 1. The number of nitrogens with zero attached hydrogens (tertiary/aromatic N) is 4. The molecule has 0 radical (unpaired) electrons. The van der Waals surface area contributed by atoms with E-state index in [0.717, 1.165) is 50.8 Å². The first kappa shape index (κ1) is 21.4. The molecule has 0 aromatic carbocycles. The van der Waals surface area contributed by atoms with Crippen LogP contribution in [0.2, 0.25) is 0 Å². The van der Waals surface area contributed by atoms with Crippen molar-refractivity contribution in [1.29, 1.82) is 0 Å². The van der Waals surface area contributed by atoms with Crippen molar-refractivity contribution in [3.8, 4) is 0 Å². The molecule has 2 N–H and O–H groups in total. The van der Waals surface area contributed by atoms with Crippen molar-refractivity contribution in [3.63, 3.8) is 0 Å². The second-order valence-corrected chi connectivity index (χ2v) is 7.48. The quantitative estimate of drug-likeness (QED) is 0.315. The first-order chi connectivity index (χ1) is 11.2. The van der Waals surface area contributed by atoms with E-state index in [0.29, 0.717) is 0 Å². The smallest absolute Gasteiger partial charge is 0.191 e. The highest BCUT2D eigenvalue weighted by Gasteiger charge is 2.02. The van der Waals surface area contributed by atoms with E-state index in [1.54, 1.807) is 17.7 Å². The number of aliphatic imine (C=N–C) groups is 1. The van der Waals surface area contributed by atoms with Crippen LogP contribution in [0.5, 0.6) is 0 Å². The summed E-state index contributed by atoms with van der Waals surface area (Å²) in [5.74, 6) is 1.87. The van der Waals surface area contributed by atoms with E-state index in [2.05, 4.69) is 72.3 Å². The largest absolute Gasteiger partial charge is 0.357 e. The Balaban J connectivity index is 0.00000288. The first-order valence-corrected chi connectivity index (χ1v) is 9.47. The van der Waals surface area contributed by atoms with Crippen molar-refractivity contribution in [2.45, 2.75) is 33.2 Å². The Bertz CT molecular complexity index is 627. The molecule has 0 aliphatic carbocycles. The molecule has 9 heteroatoms. The fourth-order valence-electron chi connectivity index (χ4n) is 2.14. The number of rotatable bonds is 8. The number of hydrogen-bond acceptors (Lipinski definition) is 4. The number of nitrogens with one attached hydrogen (secondary N) is 2. The number of thiophene rings is 1. The fraction of sp³-hybridized carbons (Fsp3) is 0.533. The van der Waals surface area contributed by atoms with Crippen LogP contribution in [0.4, 0.5) is 0 Å². The van der Waals surface area contributed by atoms with Gasteiger partial charge in [-0.25, -0.2) is 0 Å². The molecule has 0 aliphatic heterocycles. The molecule has 0 saturated carbocycles. The molecule has 24 heavy (non-hydrogen) atoms. The van der Waals surface area contributed by atoms with E-state index in [4.69, 9.17) is 0 Å². The van der Waals surface area contributed by atoms with Gasteiger partial charge in [-0.3, -0.25) is 4.99 Å². The maximum atomic E-state index is 4.62. The number of aryl methyl sites for hydroxylation is 1. The molecule has 2 rings (SSSR count). The van der Waals surface area contributed by atoms with Gasteiger partial charge in [0.2, 0.25) is 0 Å². The zero-order valence-electron chi connectivity index (χ0n) is 14.0. The molecule has 0 atom stereocenters. The third kappa shape index (κ3) is 7.06. The van der Waals surface area contributed by atoms with Crippen LogP contribution in [-0.2, 0) is 19.4 Å². The molecule has 0 amide bonds. The molecule has 0 aliphatic rings. The molecular formula is C15H24BrIN6S. The fourth-order valence-corrected chi connectivity index (χ4v) is 3.61. The monoisotopic (exact) mass is 526 g/mol. The summed E-state index contributed by atoms with van der Waals surface area (Å²) in [6.45, 7) is 7.41. The van der Waals surface area contributed by atoms with Crippen LogP contribution in [0.3, 0.4) is 0 Å². The molecule has 0 spiro atoms. The zero-order chi connectivity index (χ0) is 16.5. The van der Waals surface area contributed by atoms with Crippen molar-refractivity contribution in [2.24, 2.45) is 4.99 Å². The van der Waals surface area contributed by atoms with E-state index in [1.807, 2.05) is 0 Å². The van der Waals surface area contributed by atoms with Gasteiger partial charge >= 0.3 is 0 Å². The van der Waals surface area contributed by atoms with Crippen LogP contribution >= 0.6 is 51.2 Å². The van der Waals surface area contributed by atoms with E-state index >= 15 is 0 Å². The lowest BCUT2D eigenvalue weighted by atomic mass is 10.3. The van der Waals surface area contributed by atoms with Gasteiger partial charge in [-0.2, -0.15) is 0 Å². The predicted octanol–water partition coefficient (Wildman–Crippen LogP) is 3.08. The summed E-state index contributed by atoms with van der Waals surface area (Å²) in [6, 6.07) is 4.22. The summed E-state index contributed by atoms with van der Waals surface area (Å²) >= 11 is 5.25. The lowest BCUT2D eigenvalue weighted by molar-refractivity contribution is 0.632. The van der Waals surface area contributed by atoms with Gasteiger partial charge in [-0.15, -0.1) is 45.5 Å². The maximum Gasteiger partial charge on any atom is 0.191 e. The average Bonchev–Trinajstić information content (AvgIpc) is 3.16. The van der Waals surface area contributed by atoms with Crippen molar-refractivity contribution in [1.82, 2.24) is 25.4 Å². The first-order valence-electron chi connectivity index (χ1n) is 7.86. The standard InChI is InChI=1S/C15H23BrN6S.HI/c1-3-14-21-20-11-22(14)10-9-19-15(17-4-2)18-8-7-12-5-6-13(16)23-12;/h5-6,11H,3-4,7-10H2,1-2H3,(H2,17,18,19);1H. The summed E-state index contributed by atoms with van der Waals surface area (Å²) < 4.78 is 3.24. The Morgan fingerprint density at radius 3 is 2.83 bits per heavy atom. The molecule has 2 aromatic heterocycles. The third-order valence-corrected chi connectivity index (χ3v) is 4.94. The number of hydrogen-bond donors (Lipinski definition) is 2. The normalized spacial score (nSPS) is 11.2. The van der Waals surface area contributed by atoms with Crippen molar-refractivity contribution >= 4 is 57.2 Å². The zero-order valence-corrected chi connectivity index (χ0v) is 18.7. The summed E-state index contributed by atoms with van der Waals surface area (Å²) in [7, 11) is 0. The summed E-state index contributed by atoms with van der Waals surface area (Å²) in [4.78, 5) is 5.97. The molecule has 2 aromatic rings. The Kier molecular flexibility index (Phi) is 10.5. The minimum Gasteiger partial charge on any atom is -0.357 e. The van der Waals surface area contributed by atoms with Crippen molar-refractivity contribution < 1.29 is 0 Å². The van der Waals surface area contributed by atoms with E-state index in [-0.39, 0.29) is 24.0 Å². The molecule has 134 valence electrons. The third-order valence-electron chi connectivity index (χ3n) is 3.26. The summed E-state index contributed by atoms with van der Waals surface area (Å²) in [5.41, 5.74) is 0. The highest BCUT2D eigenvalue weighted by molar-refractivity contribution is 14.0. The van der Waals surface area contributed by atoms with Gasteiger partial charge in [-0.05, 0) is 35.0 Å². The second kappa shape index (κ2) is 11.8. The van der Waals surface area contributed by atoms with Gasteiger partial charge in [0.05, 0.1) is 3.79 Å². The van der Waals surface area contributed by atoms with Gasteiger partial charge in [0.25, 0.3) is 0 Å². The average molecular weight is 527 g/mol. The topological polar surface area (TPSA) is 67.1 Å². The summed E-state index contributed by atoms with van der Waals surface area (Å²) in [5, 5.41) is 14.7. The maximum absolute atomic E-state index is 4.62. The minimum absolute atomic E-state index is 0. The van der Waals surface area contributed by atoms with Crippen LogP contribution in [0.15, 0.2) is 27.2 Å². The molecule has 0 bridgehead atoms. The second-order valence-electron chi connectivity index (χ2n) is 4.94. The Labute approximate surface area is 172 Å². The van der Waals surface area contributed by atoms with Gasteiger partial charge in [0.15, 0.2) is 5.96 Å². The van der Waals surface area contributed by atoms with Crippen LogP contribution in [-0.4, -0.2) is 40.4 Å². The van der Waals surface area contributed by atoms with E-state index in [1.165, 1.54) is 8.66 Å². The van der Waals surface area contributed by atoms with Crippen LogP contribution in [0, 0.1) is 0 Å². The Morgan fingerprint density at radius 2 is 2.17 bits per heavy atom. The lowest BCUT2D eigenvalue weighted by Crippen LogP contribution is -2.39. The highest BCUT2D eigenvalue weighted by Crippen LogP contribution is 2.22. The van der Waals surface area contributed by atoms with Gasteiger partial charge in [-0.1, -0.05) is 6.92 Å². The minimum atomic E-state index is 0.